The van der Waals surface area contributed by atoms with Gasteiger partial charge in [-0.1, -0.05) is 18.2 Å². The van der Waals surface area contributed by atoms with Crippen molar-refractivity contribution in [2.75, 3.05) is 32.0 Å². The Hall–Kier alpha value is -3.85. The van der Waals surface area contributed by atoms with Crippen molar-refractivity contribution in [3.8, 4) is 0 Å². The van der Waals surface area contributed by atoms with E-state index in [-0.39, 0.29) is 29.1 Å². The summed E-state index contributed by atoms with van der Waals surface area (Å²) in [6.45, 7) is 8.39. The quantitative estimate of drug-likeness (QED) is 0.365. The molecule has 1 aliphatic carbocycles. The van der Waals surface area contributed by atoms with Crippen LogP contribution in [0.1, 0.15) is 56.8 Å². The van der Waals surface area contributed by atoms with E-state index >= 15 is 0 Å². The van der Waals surface area contributed by atoms with Crippen LogP contribution in [-0.4, -0.2) is 60.5 Å². The molecule has 220 valence electrons. The van der Waals surface area contributed by atoms with E-state index in [9.17, 15) is 18.8 Å². The second-order valence-electron chi connectivity index (χ2n) is 11.3. The molecule has 8 nitrogen and oxygen atoms in total. The maximum atomic E-state index is 12.4. The van der Waals surface area contributed by atoms with Gasteiger partial charge in [-0.25, -0.2) is 9.18 Å². The van der Waals surface area contributed by atoms with Gasteiger partial charge in [0.1, 0.15) is 11.4 Å². The van der Waals surface area contributed by atoms with Crippen LogP contribution in [0.5, 0.6) is 0 Å². The Balaban J connectivity index is 0.000000176. The molecule has 1 saturated carbocycles. The molecule has 2 aromatic carbocycles. The van der Waals surface area contributed by atoms with Crippen LogP contribution in [0.2, 0.25) is 0 Å². The number of aldehydes is 1. The van der Waals surface area contributed by atoms with E-state index in [1.807, 2.05) is 63.2 Å². The fraction of sp³-hybridized carbons (Fsp3) is 0.438. The highest BCUT2D eigenvalue weighted by atomic mass is 19.1. The van der Waals surface area contributed by atoms with Crippen LogP contribution in [0, 0.1) is 17.7 Å². The van der Waals surface area contributed by atoms with Crippen LogP contribution in [0.15, 0.2) is 60.9 Å². The molecule has 2 aliphatic rings. The van der Waals surface area contributed by atoms with Crippen LogP contribution >= 0.6 is 0 Å². The fourth-order valence-electron chi connectivity index (χ4n) is 4.26. The number of fused-ring (bicyclic) bond motifs is 1. The minimum absolute atomic E-state index is 0.109. The monoisotopic (exact) mass is 564 g/mol. The maximum Gasteiger partial charge on any atom is 0.410 e. The Kier molecular flexibility index (Phi) is 11.8. The highest BCUT2D eigenvalue weighted by Crippen LogP contribution is 2.30. The van der Waals surface area contributed by atoms with Gasteiger partial charge in [-0.05, 0) is 102 Å². The molecule has 2 N–H and O–H groups in total. The number of carbonyl (C=O) groups excluding carboxylic acids is 3. The van der Waals surface area contributed by atoms with Crippen molar-refractivity contribution in [1.82, 2.24) is 15.2 Å². The minimum atomic E-state index is -0.465. The number of benzene rings is 2. The Morgan fingerprint density at radius 2 is 1.76 bits per heavy atom. The highest BCUT2D eigenvalue weighted by molar-refractivity contribution is 5.96. The third kappa shape index (κ3) is 10.9. The molecule has 2 heterocycles. The van der Waals surface area contributed by atoms with Gasteiger partial charge in [0.05, 0.1) is 5.56 Å². The molecule has 9 heteroatoms. The molecule has 1 saturated heterocycles. The Bertz CT molecular complexity index is 1300. The number of nitrogens with one attached hydrogen (secondary N) is 2. The van der Waals surface area contributed by atoms with Crippen molar-refractivity contribution in [3.63, 3.8) is 0 Å². The second-order valence-corrected chi connectivity index (χ2v) is 11.3. The standard InChI is InChI=1S/C13H12N2O.C12H24N2O2.C7H5FO/c16-13(9-1-2-9)15-12-4-3-11-8-14-6-5-10(11)7-12;1-12(2,3)16-11(15)14-7-5-10(6-8-14)9-13-4;8-7-4-2-1-3-6(7)5-9/h3-9H,1-2H2,(H,15,16);10,13H,5-9H2,1-4H3;1-5H. The Labute approximate surface area is 241 Å². The Morgan fingerprint density at radius 3 is 2.34 bits per heavy atom. The van der Waals surface area contributed by atoms with Gasteiger partial charge in [-0.15, -0.1) is 0 Å². The lowest BCUT2D eigenvalue weighted by Crippen LogP contribution is -2.43. The van der Waals surface area contributed by atoms with Gasteiger partial charge >= 0.3 is 6.09 Å². The topological polar surface area (TPSA) is 101 Å². The summed E-state index contributed by atoms with van der Waals surface area (Å²) in [5.41, 5.74) is 0.590. The van der Waals surface area contributed by atoms with Crippen molar-refractivity contribution < 1.29 is 23.5 Å². The molecule has 5 rings (SSSR count). The number of amides is 2. The van der Waals surface area contributed by atoms with Crippen LogP contribution in [0.3, 0.4) is 0 Å². The third-order valence-corrected chi connectivity index (χ3v) is 6.65. The molecule has 1 aromatic heterocycles. The van der Waals surface area contributed by atoms with Gasteiger partial charge in [-0.2, -0.15) is 0 Å². The van der Waals surface area contributed by atoms with Gasteiger partial charge in [0.15, 0.2) is 6.29 Å². The first-order valence-electron chi connectivity index (χ1n) is 14.1. The number of halogens is 1. The number of ether oxygens (including phenoxy) is 1. The number of piperidine rings is 1. The summed E-state index contributed by atoms with van der Waals surface area (Å²) in [6, 6.07) is 13.7. The summed E-state index contributed by atoms with van der Waals surface area (Å²) < 4.78 is 17.7. The van der Waals surface area contributed by atoms with Crippen molar-refractivity contribution in [2.24, 2.45) is 11.8 Å². The van der Waals surface area contributed by atoms with E-state index in [1.165, 1.54) is 12.1 Å². The zero-order chi connectivity index (χ0) is 29.8. The van der Waals surface area contributed by atoms with Crippen LogP contribution < -0.4 is 10.6 Å². The number of aromatic nitrogens is 1. The smallest absolute Gasteiger partial charge is 0.410 e. The lowest BCUT2D eigenvalue weighted by atomic mass is 9.97. The molecule has 0 atom stereocenters. The SMILES string of the molecule is CNCC1CCN(C(=O)OC(C)(C)C)CC1.O=C(Nc1ccc2cnccc2c1)C1CC1.O=Cc1ccccc1F. The second kappa shape index (κ2) is 15.2. The predicted molar refractivity (Wildman–Crippen MR) is 159 cm³/mol. The summed E-state index contributed by atoms with van der Waals surface area (Å²) in [4.78, 5) is 39.2. The molecule has 2 amide bonds. The fourth-order valence-corrected chi connectivity index (χ4v) is 4.26. The number of anilines is 1. The molecular formula is C32H41FN4O4. The van der Waals surface area contributed by atoms with Gasteiger partial charge in [0.25, 0.3) is 0 Å². The summed E-state index contributed by atoms with van der Waals surface area (Å²) >= 11 is 0. The average molecular weight is 565 g/mol. The zero-order valence-electron chi connectivity index (χ0n) is 24.4. The number of pyridine rings is 1. The number of likely N-dealkylation sites (tertiary alicyclic amines) is 1. The summed E-state index contributed by atoms with van der Waals surface area (Å²) in [5.74, 6) is 0.623. The molecule has 1 aliphatic heterocycles. The summed E-state index contributed by atoms with van der Waals surface area (Å²) in [6.07, 6.45) is 8.11. The molecule has 2 fully saturated rings. The predicted octanol–water partition coefficient (Wildman–Crippen LogP) is 6.07. The molecule has 41 heavy (non-hydrogen) atoms. The van der Waals surface area contributed by atoms with Gasteiger partial charge in [0.2, 0.25) is 5.91 Å². The number of nitrogens with zero attached hydrogens (tertiary/aromatic N) is 2. The number of hydrogen-bond donors (Lipinski definition) is 2. The van der Waals surface area contributed by atoms with Gasteiger partial charge < -0.3 is 20.3 Å². The summed E-state index contributed by atoms with van der Waals surface area (Å²) in [7, 11) is 1.97. The van der Waals surface area contributed by atoms with Gasteiger partial charge in [-0.3, -0.25) is 14.6 Å². The number of carbonyl (C=O) groups is 3. The molecule has 0 radical (unpaired) electrons. The molecule has 0 spiro atoms. The number of hydrogen-bond acceptors (Lipinski definition) is 6. The normalized spacial score (nSPS) is 15.1. The van der Waals surface area contributed by atoms with E-state index in [0.29, 0.717) is 12.2 Å². The first-order chi connectivity index (χ1) is 19.6. The van der Waals surface area contributed by atoms with E-state index in [4.69, 9.17) is 4.74 Å². The minimum Gasteiger partial charge on any atom is -0.444 e. The molecule has 0 unspecified atom stereocenters. The third-order valence-electron chi connectivity index (χ3n) is 6.65. The van der Waals surface area contributed by atoms with Crippen LogP contribution in [-0.2, 0) is 9.53 Å². The van der Waals surface area contributed by atoms with Crippen LogP contribution in [0.4, 0.5) is 14.9 Å². The first-order valence-corrected chi connectivity index (χ1v) is 14.1. The Morgan fingerprint density at radius 1 is 1.05 bits per heavy atom. The van der Waals surface area contributed by atoms with Gasteiger partial charge in [0, 0.05) is 42.5 Å². The number of rotatable bonds is 5. The lowest BCUT2D eigenvalue weighted by molar-refractivity contribution is -0.117. The van der Waals surface area contributed by atoms with E-state index in [1.54, 1.807) is 18.3 Å². The lowest BCUT2D eigenvalue weighted by Gasteiger charge is -2.33. The van der Waals surface area contributed by atoms with Crippen molar-refractivity contribution in [2.45, 2.75) is 52.1 Å². The molecule has 3 aromatic rings. The molecule has 0 bridgehead atoms. The zero-order valence-corrected chi connectivity index (χ0v) is 24.4. The average Bonchev–Trinajstić information content (AvgIpc) is 3.80. The highest BCUT2D eigenvalue weighted by Gasteiger charge is 2.29. The first kappa shape index (κ1) is 31.7. The van der Waals surface area contributed by atoms with Crippen molar-refractivity contribution in [3.05, 3.63) is 72.3 Å². The summed E-state index contributed by atoms with van der Waals surface area (Å²) in [5, 5.41) is 8.31. The van der Waals surface area contributed by atoms with Crippen molar-refractivity contribution in [1.29, 1.82) is 0 Å². The van der Waals surface area contributed by atoms with E-state index < -0.39 is 5.82 Å². The van der Waals surface area contributed by atoms with Crippen molar-refractivity contribution >= 4 is 34.7 Å². The van der Waals surface area contributed by atoms with Crippen LogP contribution in [0.25, 0.3) is 10.8 Å². The van der Waals surface area contributed by atoms with E-state index in [0.717, 1.165) is 61.8 Å². The van der Waals surface area contributed by atoms with E-state index in [2.05, 4.69) is 15.6 Å². The largest absolute Gasteiger partial charge is 0.444 e. The molecular weight excluding hydrogens is 523 g/mol. The maximum absolute atomic E-state index is 12.4.